The molecule has 1 saturated heterocycles. The fourth-order valence-electron chi connectivity index (χ4n) is 3.77. The molecule has 0 bridgehead atoms. The number of nitrogens with two attached hydrogens (primary N) is 2. The van der Waals surface area contributed by atoms with Gasteiger partial charge in [-0.1, -0.05) is 16.9 Å². The number of sulfone groups is 1. The number of amides is 2. The predicted molar refractivity (Wildman–Crippen MR) is 136 cm³/mol. The number of carboxylic acids is 1. The third kappa shape index (κ3) is 6.36. The van der Waals surface area contributed by atoms with Crippen LogP contribution in [-0.2, 0) is 51.7 Å². The SMILES string of the molecule is NCCS(=O)(=O)Cc1cnn(CC2C(NC(=O)/C(=N\OC3(C(=O)O)CC3)C3=CSC(N)N3)C(=O)N2S(=O)(=O)O)n1. The fourth-order valence-corrected chi connectivity index (χ4v) is 6.39. The van der Waals surface area contributed by atoms with Gasteiger partial charge in [0.05, 0.1) is 35.6 Å². The molecular formula is C18H25N9O10S3. The highest BCUT2D eigenvalue weighted by atomic mass is 32.2. The van der Waals surface area contributed by atoms with Crippen molar-refractivity contribution in [3.63, 3.8) is 0 Å². The van der Waals surface area contributed by atoms with Gasteiger partial charge in [-0.3, -0.25) is 14.1 Å². The van der Waals surface area contributed by atoms with Crippen molar-refractivity contribution in [1.82, 2.24) is 29.9 Å². The number of carboxylic acid groups (broad SMARTS) is 1. The molecule has 8 N–H and O–H groups in total. The maximum atomic E-state index is 13.2. The van der Waals surface area contributed by atoms with Crippen LogP contribution in [-0.4, -0.2) is 105 Å². The van der Waals surface area contributed by atoms with Crippen molar-refractivity contribution in [3.8, 4) is 0 Å². The Morgan fingerprint density at radius 1 is 1.32 bits per heavy atom. The fraction of sp³-hybridized carbons (Fsp3) is 0.556. The van der Waals surface area contributed by atoms with Gasteiger partial charge in [-0.25, -0.2) is 17.5 Å². The first-order chi connectivity index (χ1) is 18.7. The van der Waals surface area contributed by atoms with Gasteiger partial charge in [0.15, 0.2) is 15.5 Å². The van der Waals surface area contributed by atoms with Crippen LogP contribution < -0.4 is 22.1 Å². The molecule has 22 heteroatoms. The van der Waals surface area contributed by atoms with Gasteiger partial charge in [0, 0.05) is 24.8 Å². The minimum absolute atomic E-state index is 0.0187. The Labute approximate surface area is 231 Å². The average molecular weight is 624 g/mol. The summed E-state index contributed by atoms with van der Waals surface area (Å²) in [4.78, 5) is 43.3. The number of aliphatic carboxylic acids is 1. The van der Waals surface area contributed by atoms with Crippen LogP contribution in [0.15, 0.2) is 22.5 Å². The van der Waals surface area contributed by atoms with Crippen molar-refractivity contribution in [2.24, 2.45) is 16.6 Å². The Morgan fingerprint density at radius 2 is 2.02 bits per heavy atom. The molecule has 2 fully saturated rings. The summed E-state index contributed by atoms with van der Waals surface area (Å²) in [7, 11) is -8.65. The van der Waals surface area contributed by atoms with E-state index in [1.54, 1.807) is 0 Å². The number of aromatic nitrogens is 3. The Morgan fingerprint density at radius 3 is 2.58 bits per heavy atom. The second kappa shape index (κ2) is 10.9. The molecule has 3 heterocycles. The first kappa shape index (κ1) is 29.7. The molecule has 1 aliphatic carbocycles. The van der Waals surface area contributed by atoms with Gasteiger partial charge >= 0.3 is 16.3 Å². The van der Waals surface area contributed by atoms with Crippen molar-refractivity contribution in [1.29, 1.82) is 0 Å². The zero-order valence-electron chi connectivity index (χ0n) is 20.4. The molecule has 3 unspecified atom stereocenters. The molecule has 1 saturated carbocycles. The van der Waals surface area contributed by atoms with E-state index in [0.29, 0.717) is 0 Å². The zero-order chi connectivity index (χ0) is 29.5. The number of β-lactam (4-membered cyclic amide) rings is 1. The minimum Gasteiger partial charge on any atom is -0.478 e. The topological polar surface area (TPSA) is 292 Å². The Bertz CT molecular complexity index is 1490. The van der Waals surface area contributed by atoms with Crippen LogP contribution in [0, 0.1) is 0 Å². The van der Waals surface area contributed by atoms with Crippen molar-refractivity contribution in [3.05, 3.63) is 23.0 Å². The molecule has 0 spiro atoms. The molecule has 1 aromatic rings. The molecule has 0 radical (unpaired) electrons. The van der Waals surface area contributed by atoms with Gasteiger partial charge in [-0.05, 0) is 0 Å². The second-order valence-corrected chi connectivity index (χ2v) is 13.5. The lowest BCUT2D eigenvalue weighted by molar-refractivity contribution is -0.153. The lowest BCUT2D eigenvalue weighted by Gasteiger charge is -2.43. The summed E-state index contributed by atoms with van der Waals surface area (Å²) in [5.41, 5.74) is 8.39. The number of thioether (sulfide) groups is 1. The maximum absolute atomic E-state index is 13.2. The van der Waals surface area contributed by atoms with Gasteiger partial charge in [0.25, 0.3) is 11.8 Å². The van der Waals surface area contributed by atoms with Crippen LogP contribution in [0.1, 0.15) is 18.5 Å². The van der Waals surface area contributed by atoms with E-state index in [2.05, 4.69) is 26.0 Å². The number of carbonyl (C=O) groups is 3. The standard InChI is InChI=1S/C18H25N9O10S3/c19-3-4-39(32,33)8-9-5-21-26(24-9)6-11-13(15(29)27(11)40(34,35)36)23-14(28)12(10-7-38-17(20)22-10)25-37-18(1-2-18)16(30)31/h5,7,11,13,17,22H,1-4,6,8,19-20H2,(H,23,28)(H,30,31)(H,34,35,36)/b25-12-. The highest BCUT2D eigenvalue weighted by Crippen LogP contribution is 2.40. The second-order valence-electron chi connectivity index (χ2n) is 8.96. The number of nitrogens with zero attached hydrogens (tertiary/aromatic N) is 5. The number of hydrogen-bond acceptors (Lipinski definition) is 15. The summed E-state index contributed by atoms with van der Waals surface area (Å²) in [6.07, 6.45) is 1.43. The monoisotopic (exact) mass is 623 g/mol. The van der Waals surface area contributed by atoms with Crippen LogP contribution in [0.2, 0.25) is 0 Å². The molecule has 4 rings (SSSR count). The highest BCUT2D eigenvalue weighted by Gasteiger charge is 2.56. The lowest BCUT2D eigenvalue weighted by atomic mass is 9.98. The molecule has 3 aliphatic rings. The number of hydrogen-bond donors (Lipinski definition) is 6. The minimum atomic E-state index is -5.07. The smallest absolute Gasteiger partial charge is 0.362 e. The van der Waals surface area contributed by atoms with E-state index >= 15 is 0 Å². The number of rotatable bonds is 13. The van der Waals surface area contributed by atoms with Crippen LogP contribution in [0.4, 0.5) is 0 Å². The van der Waals surface area contributed by atoms with Crippen molar-refractivity contribution < 1.29 is 45.7 Å². The summed E-state index contributed by atoms with van der Waals surface area (Å²) >= 11 is 1.08. The number of nitrogens with one attached hydrogen (secondary N) is 2. The predicted octanol–water partition coefficient (Wildman–Crippen LogP) is -3.94. The van der Waals surface area contributed by atoms with Crippen LogP contribution in [0.5, 0.6) is 0 Å². The molecule has 2 aliphatic heterocycles. The first-order valence-electron chi connectivity index (χ1n) is 11.4. The Kier molecular flexibility index (Phi) is 8.11. The summed E-state index contributed by atoms with van der Waals surface area (Å²) < 4.78 is 57.4. The molecule has 1 aromatic heterocycles. The van der Waals surface area contributed by atoms with Crippen LogP contribution in [0.25, 0.3) is 0 Å². The summed E-state index contributed by atoms with van der Waals surface area (Å²) in [6.45, 7) is -0.573. The van der Waals surface area contributed by atoms with E-state index in [0.717, 1.165) is 22.8 Å². The summed E-state index contributed by atoms with van der Waals surface area (Å²) in [5.74, 6) is -4.30. The Hall–Kier alpha value is -3.31. The normalized spacial score (nSPS) is 24.1. The third-order valence-corrected chi connectivity index (χ3v) is 9.27. The van der Waals surface area contributed by atoms with E-state index in [4.69, 9.17) is 16.3 Å². The molecule has 220 valence electrons. The molecule has 2 amide bonds. The van der Waals surface area contributed by atoms with Crippen molar-refractivity contribution in [2.45, 2.75) is 48.3 Å². The molecule has 40 heavy (non-hydrogen) atoms. The van der Waals surface area contributed by atoms with Crippen LogP contribution in [0.3, 0.4) is 0 Å². The van der Waals surface area contributed by atoms with Crippen molar-refractivity contribution >= 4 is 55.4 Å². The molecular weight excluding hydrogens is 598 g/mol. The molecule has 3 atom stereocenters. The van der Waals surface area contributed by atoms with Gasteiger partial charge in [-0.15, -0.1) is 0 Å². The quantitative estimate of drug-likeness (QED) is 0.0529. The van der Waals surface area contributed by atoms with E-state index in [9.17, 15) is 40.9 Å². The van der Waals surface area contributed by atoms with Crippen molar-refractivity contribution in [2.75, 3.05) is 12.3 Å². The van der Waals surface area contributed by atoms with Gasteiger partial charge < -0.3 is 32.0 Å². The number of carbonyl (C=O) groups excluding carboxylic acids is 2. The molecule has 0 aromatic carbocycles. The van der Waals surface area contributed by atoms with E-state index < -0.39 is 79.1 Å². The Balaban J connectivity index is 1.54. The average Bonchev–Trinajstić information content (AvgIpc) is 3.33. The first-order valence-corrected chi connectivity index (χ1v) is 15.6. The zero-order valence-corrected chi connectivity index (χ0v) is 22.9. The van der Waals surface area contributed by atoms with Crippen LogP contribution >= 0.6 is 11.8 Å². The highest BCUT2D eigenvalue weighted by molar-refractivity contribution is 8.02. The third-order valence-electron chi connectivity index (χ3n) is 5.94. The van der Waals surface area contributed by atoms with E-state index in [1.807, 2.05) is 0 Å². The summed E-state index contributed by atoms with van der Waals surface area (Å²) in [5, 5.41) is 27.3. The van der Waals surface area contributed by atoms with Gasteiger partial charge in [0.1, 0.15) is 17.6 Å². The van der Waals surface area contributed by atoms with Gasteiger partial charge in [0.2, 0.25) is 5.60 Å². The number of oxime groups is 1. The van der Waals surface area contributed by atoms with E-state index in [-0.39, 0.29) is 40.8 Å². The summed E-state index contributed by atoms with van der Waals surface area (Å²) in [6, 6.07) is -2.96. The largest absolute Gasteiger partial charge is 0.478 e. The molecule has 19 nitrogen and oxygen atoms in total. The maximum Gasteiger partial charge on any atom is 0.362 e. The van der Waals surface area contributed by atoms with Gasteiger partial charge in [-0.2, -0.15) is 23.4 Å². The lowest BCUT2D eigenvalue weighted by Crippen LogP contribution is -2.73. The van der Waals surface area contributed by atoms with E-state index in [1.165, 1.54) is 5.41 Å².